The second kappa shape index (κ2) is 17.3. The van der Waals surface area contributed by atoms with Gasteiger partial charge in [0, 0.05) is 60.3 Å². The molecule has 14 nitrogen and oxygen atoms in total. The quantitative estimate of drug-likeness (QED) is 0.0846. The predicted molar refractivity (Wildman–Crippen MR) is 205 cm³/mol. The zero-order valence-electron chi connectivity index (χ0n) is 30.3. The molecule has 1 unspecified atom stereocenters. The summed E-state index contributed by atoms with van der Waals surface area (Å²) in [7, 11) is 0. The molecule has 3 aromatic rings. The smallest absolute Gasteiger partial charge is 0.315 e. The minimum absolute atomic E-state index is 0.0908. The summed E-state index contributed by atoms with van der Waals surface area (Å²) in [5.74, 6) is 0.476. The minimum Gasteiger partial charge on any atom is -0.364 e. The van der Waals surface area contributed by atoms with Crippen LogP contribution in [-0.2, 0) is 33.9 Å². The molecule has 3 aromatic heterocycles. The van der Waals surface area contributed by atoms with E-state index in [2.05, 4.69) is 36.6 Å². The summed E-state index contributed by atoms with van der Waals surface area (Å²) < 4.78 is 0. The number of amides is 6. The highest BCUT2D eigenvalue weighted by molar-refractivity contribution is 7.14. The lowest BCUT2D eigenvalue weighted by molar-refractivity contribution is -0.137. The SMILES string of the molecule is O=C1CCC(N2Cc3cc(CNC(=O)NCCCCCCC(=O)NC4CCC(Nc5ncc(Cl)c(-c6cc[nH]c6CC6CC6)n5)CC4)sc3C2=O)C(=O)N1. The van der Waals surface area contributed by atoms with Gasteiger partial charge in [-0.2, -0.15) is 0 Å². The van der Waals surface area contributed by atoms with E-state index in [9.17, 15) is 24.0 Å². The lowest BCUT2D eigenvalue weighted by atomic mass is 9.91. The number of hydrogen-bond acceptors (Lipinski definition) is 9. The predicted octanol–water partition coefficient (Wildman–Crippen LogP) is 5.19. The van der Waals surface area contributed by atoms with Gasteiger partial charge in [-0.25, -0.2) is 14.8 Å². The zero-order valence-corrected chi connectivity index (χ0v) is 31.9. The summed E-state index contributed by atoms with van der Waals surface area (Å²) in [4.78, 5) is 77.1. The van der Waals surface area contributed by atoms with Crippen LogP contribution in [0.2, 0.25) is 5.02 Å². The second-order valence-corrected chi connectivity index (χ2v) is 16.5. The van der Waals surface area contributed by atoms with Crippen LogP contribution >= 0.6 is 22.9 Å². The molecule has 54 heavy (non-hydrogen) atoms. The molecule has 5 heterocycles. The van der Waals surface area contributed by atoms with Crippen molar-refractivity contribution in [3.8, 4) is 11.3 Å². The Balaban J connectivity index is 0.722. The van der Waals surface area contributed by atoms with E-state index in [1.54, 1.807) is 6.20 Å². The van der Waals surface area contributed by atoms with Gasteiger partial charge >= 0.3 is 6.03 Å². The molecule has 288 valence electrons. The van der Waals surface area contributed by atoms with Gasteiger partial charge in [-0.1, -0.05) is 24.4 Å². The monoisotopic (exact) mass is 777 g/mol. The van der Waals surface area contributed by atoms with Crippen molar-refractivity contribution in [1.82, 2.24) is 41.1 Å². The van der Waals surface area contributed by atoms with Crippen molar-refractivity contribution < 1.29 is 24.0 Å². The number of aromatic nitrogens is 3. The third-order valence-electron chi connectivity index (χ3n) is 10.7. The molecule has 2 aliphatic heterocycles. The van der Waals surface area contributed by atoms with Crippen LogP contribution in [0.4, 0.5) is 10.7 Å². The van der Waals surface area contributed by atoms with Crippen molar-refractivity contribution in [1.29, 1.82) is 0 Å². The molecule has 2 aliphatic carbocycles. The van der Waals surface area contributed by atoms with Gasteiger partial charge in [0.15, 0.2) is 0 Å². The number of urea groups is 1. The molecule has 1 atom stereocenters. The number of imide groups is 1. The molecule has 6 amide bonds. The summed E-state index contributed by atoms with van der Waals surface area (Å²) >= 11 is 7.84. The molecule has 6 N–H and O–H groups in total. The standard InChI is InChI=1S/C38H48ClN9O5S/c39-28-20-42-37(47-33(28)27-14-16-40-29(27)17-22-6-7-22)45-25-10-8-24(9-11-25)44-31(49)5-3-1-2-4-15-41-38(53)43-19-26-18-23-21-48(36(52)34(23)54-26)30-12-13-32(50)46-35(30)51/h14,16,18,20,22,24-25,30,40H,1-13,15,17,19,21H2,(H,44,49)(H2,41,43,53)(H,42,45,47)(H,46,50,51). The summed E-state index contributed by atoms with van der Waals surface area (Å²) in [5.41, 5.74) is 3.82. The number of H-pyrrole nitrogens is 1. The van der Waals surface area contributed by atoms with E-state index in [1.807, 2.05) is 18.3 Å². The molecule has 4 aliphatic rings. The van der Waals surface area contributed by atoms with E-state index in [4.69, 9.17) is 16.6 Å². The Morgan fingerprint density at radius 3 is 2.56 bits per heavy atom. The first-order valence-corrected chi connectivity index (χ1v) is 20.4. The fourth-order valence-corrected chi connectivity index (χ4v) is 8.84. The normalized spacial score (nSPS) is 21.1. The number of rotatable bonds is 16. The van der Waals surface area contributed by atoms with Crippen LogP contribution in [0.3, 0.4) is 0 Å². The van der Waals surface area contributed by atoms with E-state index in [-0.39, 0.29) is 42.3 Å². The van der Waals surface area contributed by atoms with Crippen LogP contribution in [0.25, 0.3) is 11.3 Å². The maximum absolute atomic E-state index is 12.9. The van der Waals surface area contributed by atoms with Crippen LogP contribution in [0.5, 0.6) is 0 Å². The number of anilines is 1. The topological polar surface area (TPSA) is 190 Å². The Kier molecular flexibility index (Phi) is 12.1. The van der Waals surface area contributed by atoms with Crippen LogP contribution in [-0.4, -0.2) is 74.2 Å². The summed E-state index contributed by atoms with van der Waals surface area (Å²) in [6.45, 7) is 1.16. The molecule has 7 rings (SSSR count). The number of aromatic amines is 1. The number of nitrogens with zero attached hydrogens (tertiary/aromatic N) is 3. The molecule has 0 aromatic carbocycles. The van der Waals surface area contributed by atoms with Crippen LogP contribution in [0, 0.1) is 5.92 Å². The first-order chi connectivity index (χ1) is 26.2. The van der Waals surface area contributed by atoms with Gasteiger partial charge in [0.2, 0.25) is 23.7 Å². The van der Waals surface area contributed by atoms with Gasteiger partial charge in [0.1, 0.15) is 6.04 Å². The van der Waals surface area contributed by atoms with E-state index in [1.165, 1.54) is 34.8 Å². The highest BCUT2D eigenvalue weighted by Crippen LogP contribution is 2.37. The first-order valence-electron chi connectivity index (χ1n) is 19.2. The number of unbranched alkanes of at least 4 members (excludes halogenated alkanes) is 3. The number of piperidine rings is 1. The lowest BCUT2D eigenvalue weighted by Gasteiger charge is -2.29. The van der Waals surface area contributed by atoms with Crippen molar-refractivity contribution >= 4 is 58.5 Å². The van der Waals surface area contributed by atoms with Crippen molar-refractivity contribution in [2.45, 2.75) is 121 Å². The molecule has 16 heteroatoms. The lowest BCUT2D eigenvalue weighted by Crippen LogP contribution is -2.52. The Bertz CT molecular complexity index is 1870. The fraction of sp³-hybridized carbons (Fsp3) is 0.553. The van der Waals surface area contributed by atoms with Crippen LogP contribution in [0.1, 0.15) is 109 Å². The average Bonchev–Trinajstić information content (AvgIpc) is 3.56. The number of nitrogens with one attached hydrogen (secondary N) is 6. The first kappa shape index (κ1) is 37.8. The number of fused-ring (bicyclic) bond motifs is 1. The van der Waals surface area contributed by atoms with E-state index < -0.39 is 11.9 Å². The van der Waals surface area contributed by atoms with Gasteiger partial charge in [-0.15, -0.1) is 11.3 Å². The molecule has 0 radical (unpaired) electrons. The summed E-state index contributed by atoms with van der Waals surface area (Å²) in [6, 6.07) is 3.44. The Hall–Kier alpha value is -4.50. The van der Waals surface area contributed by atoms with Crippen molar-refractivity contribution in [2.75, 3.05) is 11.9 Å². The maximum atomic E-state index is 12.9. The summed E-state index contributed by atoms with van der Waals surface area (Å²) in [5, 5.41) is 15.3. The molecule has 0 spiro atoms. The third-order valence-corrected chi connectivity index (χ3v) is 12.2. The van der Waals surface area contributed by atoms with E-state index >= 15 is 0 Å². The highest BCUT2D eigenvalue weighted by Gasteiger charge is 2.40. The third kappa shape index (κ3) is 9.59. The molecule has 0 bridgehead atoms. The zero-order chi connectivity index (χ0) is 37.6. The number of thiophene rings is 1. The summed E-state index contributed by atoms with van der Waals surface area (Å²) in [6.07, 6.45) is 15.3. The van der Waals surface area contributed by atoms with Gasteiger partial charge in [0.25, 0.3) is 5.91 Å². The van der Waals surface area contributed by atoms with Crippen molar-refractivity contribution in [2.24, 2.45) is 5.92 Å². The van der Waals surface area contributed by atoms with E-state index in [0.717, 1.165) is 85.4 Å². The molecule has 1 saturated heterocycles. The number of carbonyl (C=O) groups is 5. The van der Waals surface area contributed by atoms with Crippen molar-refractivity contribution in [3.05, 3.63) is 50.6 Å². The Morgan fingerprint density at radius 2 is 1.78 bits per heavy atom. The molecular weight excluding hydrogens is 730 g/mol. The number of halogens is 1. The average molecular weight is 778 g/mol. The van der Waals surface area contributed by atoms with Gasteiger partial charge in [-0.05, 0) is 87.8 Å². The fourth-order valence-electron chi connectivity index (χ4n) is 7.58. The molecule has 3 fully saturated rings. The van der Waals surface area contributed by atoms with Gasteiger partial charge < -0.3 is 31.2 Å². The van der Waals surface area contributed by atoms with Gasteiger partial charge in [-0.3, -0.25) is 24.5 Å². The Labute approximate surface area is 323 Å². The van der Waals surface area contributed by atoms with Crippen molar-refractivity contribution in [3.63, 3.8) is 0 Å². The minimum atomic E-state index is -0.633. The van der Waals surface area contributed by atoms with E-state index in [0.29, 0.717) is 48.3 Å². The maximum Gasteiger partial charge on any atom is 0.315 e. The molecular formula is C38H48ClN9O5S. The van der Waals surface area contributed by atoms with Gasteiger partial charge in [0.05, 0.1) is 28.3 Å². The second-order valence-electron chi connectivity index (χ2n) is 14.9. The van der Waals surface area contributed by atoms with Crippen LogP contribution in [0.15, 0.2) is 24.5 Å². The highest BCUT2D eigenvalue weighted by atomic mass is 35.5. The Morgan fingerprint density at radius 1 is 0.981 bits per heavy atom. The largest absolute Gasteiger partial charge is 0.364 e. The van der Waals surface area contributed by atoms with Crippen LogP contribution < -0.4 is 26.6 Å². The number of hydrogen-bond donors (Lipinski definition) is 6. The number of carbonyl (C=O) groups excluding carboxylic acids is 5. The molecule has 2 saturated carbocycles.